The van der Waals surface area contributed by atoms with E-state index < -0.39 is 6.10 Å². The van der Waals surface area contributed by atoms with Gasteiger partial charge in [-0.1, -0.05) is 12.1 Å². The predicted octanol–water partition coefficient (Wildman–Crippen LogP) is 2.53. The lowest BCUT2D eigenvalue weighted by Gasteiger charge is -2.39. The first kappa shape index (κ1) is 17.6. The standard InChI is InChI=1S/C22H26N4O2/c27-20(15-6-9-23-10-7-15)5-2-11-25-12-8-19-17(13-25)16-3-1-4-18-22(16)26(19)14-21(28)24-18/h1,3-4,6-7,9-10,17,19-20,27H,2,5,8,11-14H2,(H,24,28)/t17-,19-,20-/m0/s1. The molecule has 1 saturated heterocycles. The van der Waals surface area contributed by atoms with Gasteiger partial charge in [-0.25, -0.2) is 0 Å². The number of likely N-dealkylation sites (tertiary alicyclic amines) is 1. The van der Waals surface area contributed by atoms with E-state index in [1.165, 1.54) is 11.3 Å². The lowest BCUT2D eigenvalue weighted by atomic mass is 9.89. The van der Waals surface area contributed by atoms with E-state index in [-0.39, 0.29) is 5.91 Å². The Morgan fingerprint density at radius 2 is 2.11 bits per heavy atom. The van der Waals surface area contributed by atoms with Crippen LogP contribution in [0.25, 0.3) is 0 Å². The maximum absolute atomic E-state index is 12.1. The summed E-state index contributed by atoms with van der Waals surface area (Å²) in [7, 11) is 0. The molecule has 0 unspecified atom stereocenters. The molecule has 0 bridgehead atoms. The first-order valence-corrected chi connectivity index (χ1v) is 10.2. The van der Waals surface area contributed by atoms with Crippen LogP contribution in [0, 0.1) is 0 Å². The molecule has 1 aromatic heterocycles. The predicted molar refractivity (Wildman–Crippen MR) is 108 cm³/mol. The van der Waals surface area contributed by atoms with Crippen LogP contribution in [0.15, 0.2) is 42.7 Å². The number of fused-ring (bicyclic) bond motifs is 3. The minimum Gasteiger partial charge on any atom is -0.388 e. The topological polar surface area (TPSA) is 68.7 Å². The highest BCUT2D eigenvalue weighted by Crippen LogP contribution is 2.49. The zero-order chi connectivity index (χ0) is 19.1. The first-order chi connectivity index (χ1) is 13.7. The number of para-hydroxylation sites is 1. The number of hydrogen-bond donors (Lipinski definition) is 2. The van der Waals surface area contributed by atoms with Crippen LogP contribution < -0.4 is 10.2 Å². The number of benzene rings is 1. The van der Waals surface area contributed by atoms with Crippen molar-refractivity contribution in [2.75, 3.05) is 36.4 Å². The Labute approximate surface area is 165 Å². The number of piperidine rings is 1. The Balaban J connectivity index is 1.23. The Morgan fingerprint density at radius 3 is 2.96 bits per heavy atom. The highest BCUT2D eigenvalue weighted by Gasteiger charge is 2.44. The second-order valence-electron chi connectivity index (χ2n) is 8.12. The third-order valence-corrected chi connectivity index (χ3v) is 6.45. The Morgan fingerprint density at radius 1 is 1.25 bits per heavy atom. The van der Waals surface area contributed by atoms with Crippen molar-refractivity contribution in [2.45, 2.75) is 37.3 Å². The lowest BCUT2D eigenvalue weighted by molar-refractivity contribution is -0.115. The Kier molecular flexibility index (Phi) is 4.53. The van der Waals surface area contributed by atoms with Crippen molar-refractivity contribution < 1.29 is 9.90 Å². The molecule has 0 saturated carbocycles. The van der Waals surface area contributed by atoms with Gasteiger partial charge in [-0.05, 0) is 55.1 Å². The molecule has 6 nitrogen and oxygen atoms in total. The van der Waals surface area contributed by atoms with Crippen LogP contribution in [0.2, 0.25) is 0 Å². The van der Waals surface area contributed by atoms with Gasteiger partial charge < -0.3 is 20.2 Å². The zero-order valence-electron chi connectivity index (χ0n) is 15.9. The van der Waals surface area contributed by atoms with Gasteiger partial charge in [-0.2, -0.15) is 0 Å². The molecule has 4 heterocycles. The number of aliphatic hydroxyl groups excluding tert-OH is 1. The summed E-state index contributed by atoms with van der Waals surface area (Å²) >= 11 is 0. The van der Waals surface area contributed by atoms with E-state index in [1.807, 2.05) is 18.2 Å². The van der Waals surface area contributed by atoms with Crippen LogP contribution in [-0.4, -0.2) is 53.1 Å². The summed E-state index contributed by atoms with van der Waals surface area (Å²) in [5, 5.41) is 13.4. The zero-order valence-corrected chi connectivity index (χ0v) is 15.9. The van der Waals surface area contributed by atoms with Crippen molar-refractivity contribution in [2.24, 2.45) is 0 Å². The molecule has 28 heavy (non-hydrogen) atoms. The quantitative estimate of drug-likeness (QED) is 0.837. The van der Waals surface area contributed by atoms with Gasteiger partial charge in [0.15, 0.2) is 0 Å². The molecule has 2 N–H and O–H groups in total. The second-order valence-corrected chi connectivity index (χ2v) is 8.12. The van der Waals surface area contributed by atoms with Crippen molar-refractivity contribution in [3.05, 3.63) is 53.9 Å². The first-order valence-electron chi connectivity index (χ1n) is 10.2. The van der Waals surface area contributed by atoms with E-state index in [2.05, 4.69) is 32.2 Å². The molecule has 3 aliphatic rings. The van der Waals surface area contributed by atoms with Crippen LogP contribution in [0.1, 0.15) is 42.4 Å². The SMILES string of the molecule is O=C1CN2c3c(cccc3[C@@H]3CN(CCC[C@H](O)c4ccncc4)CC[C@@H]32)N1. The summed E-state index contributed by atoms with van der Waals surface area (Å²) in [6, 6.07) is 10.5. The van der Waals surface area contributed by atoms with E-state index in [4.69, 9.17) is 0 Å². The molecule has 0 aliphatic carbocycles. The fraction of sp³-hybridized carbons (Fsp3) is 0.455. The molecule has 3 atom stereocenters. The second kappa shape index (κ2) is 7.18. The maximum atomic E-state index is 12.1. The summed E-state index contributed by atoms with van der Waals surface area (Å²) in [5.74, 6) is 0.555. The molecule has 6 heteroatoms. The number of nitrogens with zero attached hydrogens (tertiary/aromatic N) is 3. The van der Waals surface area contributed by atoms with E-state index in [0.717, 1.165) is 50.1 Å². The third kappa shape index (κ3) is 3.06. The monoisotopic (exact) mass is 378 g/mol. The molecule has 3 aliphatic heterocycles. The average molecular weight is 378 g/mol. The Hall–Kier alpha value is -2.44. The van der Waals surface area contributed by atoms with Crippen molar-refractivity contribution in [1.29, 1.82) is 0 Å². The normalized spacial score (nSPS) is 24.5. The molecule has 146 valence electrons. The highest BCUT2D eigenvalue weighted by atomic mass is 16.3. The maximum Gasteiger partial charge on any atom is 0.243 e. The summed E-state index contributed by atoms with van der Waals surface area (Å²) in [5.41, 5.74) is 4.53. The highest BCUT2D eigenvalue weighted by molar-refractivity contribution is 6.03. The number of aromatic nitrogens is 1. The minimum atomic E-state index is -0.419. The summed E-state index contributed by atoms with van der Waals surface area (Å²) < 4.78 is 0. The van der Waals surface area contributed by atoms with Gasteiger partial charge in [0.05, 0.1) is 24.0 Å². The number of anilines is 2. The van der Waals surface area contributed by atoms with Gasteiger partial charge in [0, 0.05) is 37.4 Å². The molecule has 1 aromatic carbocycles. The van der Waals surface area contributed by atoms with E-state index in [9.17, 15) is 9.90 Å². The van der Waals surface area contributed by atoms with Crippen LogP contribution >= 0.6 is 0 Å². The van der Waals surface area contributed by atoms with Gasteiger partial charge in [0.1, 0.15) is 0 Å². The number of hydrogen-bond acceptors (Lipinski definition) is 5. The number of nitrogens with one attached hydrogen (secondary N) is 1. The molecule has 5 rings (SSSR count). The molecule has 0 radical (unpaired) electrons. The Bertz CT molecular complexity index is 872. The van der Waals surface area contributed by atoms with Crippen LogP contribution in [0.4, 0.5) is 11.4 Å². The molecule has 1 fully saturated rings. The summed E-state index contributed by atoms with van der Waals surface area (Å²) in [6.07, 6.45) is 5.85. The van der Waals surface area contributed by atoms with Gasteiger partial charge in [-0.3, -0.25) is 9.78 Å². The van der Waals surface area contributed by atoms with Gasteiger partial charge in [0.25, 0.3) is 0 Å². The minimum absolute atomic E-state index is 0.0952. The van der Waals surface area contributed by atoms with Crippen LogP contribution in [-0.2, 0) is 4.79 Å². The molecule has 1 amide bonds. The van der Waals surface area contributed by atoms with Crippen molar-refractivity contribution in [3.63, 3.8) is 0 Å². The number of carbonyl (C=O) groups is 1. The van der Waals surface area contributed by atoms with E-state index in [0.29, 0.717) is 18.5 Å². The fourth-order valence-electron chi connectivity index (χ4n) is 5.14. The molecule has 2 aromatic rings. The third-order valence-electron chi connectivity index (χ3n) is 6.45. The largest absolute Gasteiger partial charge is 0.388 e. The van der Waals surface area contributed by atoms with Gasteiger partial charge in [0.2, 0.25) is 5.91 Å². The van der Waals surface area contributed by atoms with Crippen molar-refractivity contribution in [3.8, 4) is 0 Å². The van der Waals surface area contributed by atoms with Crippen LogP contribution in [0.5, 0.6) is 0 Å². The van der Waals surface area contributed by atoms with Gasteiger partial charge in [-0.15, -0.1) is 0 Å². The number of pyridine rings is 1. The van der Waals surface area contributed by atoms with Gasteiger partial charge >= 0.3 is 0 Å². The van der Waals surface area contributed by atoms with Crippen LogP contribution in [0.3, 0.4) is 0 Å². The van der Waals surface area contributed by atoms with Crippen molar-refractivity contribution in [1.82, 2.24) is 9.88 Å². The number of amides is 1. The lowest BCUT2D eigenvalue weighted by Crippen LogP contribution is -2.49. The number of aliphatic hydroxyl groups is 1. The summed E-state index contributed by atoms with van der Waals surface area (Å²) in [4.78, 5) is 21.0. The number of carbonyl (C=O) groups excluding carboxylic acids is 1. The fourth-order valence-corrected chi connectivity index (χ4v) is 5.14. The smallest absolute Gasteiger partial charge is 0.243 e. The molecule has 0 spiro atoms. The average Bonchev–Trinajstić information content (AvgIpc) is 3.03. The molecular formula is C22H26N4O2. The number of rotatable bonds is 5. The molecular weight excluding hydrogens is 352 g/mol. The van der Waals surface area contributed by atoms with E-state index in [1.54, 1.807) is 12.4 Å². The summed E-state index contributed by atoms with van der Waals surface area (Å²) in [6.45, 7) is 3.55. The van der Waals surface area contributed by atoms with E-state index >= 15 is 0 Å². The van der Waals surface area contributed by atoms with Crippen molar-refractivity contribution >= 4 is 17.3 Å².